The number of aromatic nitrogens is 2. The number of nitrogens with zero attached hydrogens (tertiary/aromatic N) is 2. The molecule has 1 aromatic heterocycles. The molecular weight excluding hydrogens is 276 g/mol. The van der Waals surface area contributed by atoms with Crippen molar-refractivity contribution in [2.45, 2.75) is 20.4 Å². The Morgan fingerprint density at radius 2 is 2.25 bits per heavy atom. The van der Waals surface area contributed by atoms with Crippen molar-refractivity contribution in [3.63, 3.8) is 0 Å². The van der Waals surface area contributed by atoms with Crippen molar-refractivity contribution in [2.75, 3.05) is 20.3 Å². The van der Waals surface area contributed by atoms with Gasteiger partial charge in [-0.25, -0.2) is 9.78 Å². The first-order valence-electron chi connectivity index (χ1n) is 5.00. The Bertz CT molecular complexity index is 376. The van der Waals surface area contributed by atoms with Crippen LogP contribution in [0.15, 0.2) is 4.73 Å². The molecule has 6 heteroatoms. The first-order chi connectivity index (χ1) is 7.61. The van der Waals surface area contributed by atoms with Crippen LogP contribution in [0.5, 0.6) is 0 Å². The quantitative estimate of drug-likeness (QED) is 0.776. The van der Waals surface area contributed by atoms with Crippen LogP contribution in [0.2, 0.25) is 0 Å². The molecule has 1 aromatic rings. The molecule has 1 heterocycles. The fraction of sp³-hybridized carbons (Fsp3) is 0.600. The Morgan fingerprint density at radius 3 is 2.81 bits per heavy atom. The molecule has 0 saturated heterocycles. The minimum atomic E-state index is -0.352. The van der Waals surface area contributed by atoms with Crippen LogP contribution in [0.25, 0.3) is 0 Å². The standard InChI is InChI=1S/C10H15BrN2O3/c1-4-16-9(14)8-7(2)12-10(11)13(8)5-6-15-3/h4-6H2,1-3H3. The van der Waals surface area contributed by atoms with E-state index in [0.717, 1.165) is 0 Å². The third-order valence-corrected chi connectivity index (χ3v) is 2.69. The van der Waals surface area contributed by atoms with E-state index < -0.39 is 0 Å². The van der Waals surface area contributed by atoms with Crippen molar-refractivity contribution >= 4 is 21.9 Å². The molecule has 1 rings (SSSR count). The minimum Gasteiger partial charge on any atom is -0.461 e. The van der Waals surface area contributed by atoms with Crippen molar-refractivity contribution in [1.29, 1.82) is 0 Å². The summed E-state index contributed by atoms with van der Waals surface area (Å²) in [5.41, 5.74) is 1.13. The van der Waals surface area contributed by atoms with Crippen molar-refractivity contribution in [3.8, 4) is 0 Å². The summed E-state index contributed by atoms with van der Waals surface area (Å²) >= 11 is 3.31. The summed E-state index contributed by atoms with van der Waals surface area (Å²) in [7, 11) is 1.61. The molecule has 0 aromatic carbocycles. The smallest absolute Gasteiger partial charge is 0.356 e. The van der Waals surface area contributed by atoms with Gasteiger partial charge < -0.3 is 14.0 Å². The number of ether oxygens (including phenoxy) is 2. The second-order valence-electron chi connectivity index (χ2n) is 3.18. The van der Waals surface area contributed by atoms with E-state index in [4.69, 9.17) is 9.47 Å². The third-order valence-electron chi connectivity index (χ3n) is 2.08. The van der Waals surface area contributed by atoms with E-state index in [9.17, 15) is 4.79 Å². The maximum atomic E-state index is 11.7. The number of hydrogen-bond donors (Lipinski definition) is 0. The molecule has 16 heavy (non-hydrogen) atoms. The lowest BCUT2D eigenvalue weighted by Crippen LogP contribution is -2.15. The zero-order valence-corrected chi connectivity index (χ0v) is 11.2. The fourth-order valence-electron chi connectivity index (χ4n) is 1.38. The van der Waals surface area contributed by atoms with Gasteiger partial charge in [0.25, 0.3) is 0 Å². The van der Waals surface area contributed by atoms with E-state index in [1.807, 2.05) is 0 Å². The maximum absolute atomic E-state index is 11.7. The number of carbonyl (C=O) groups excluding carboxylic acids is 1. The molecule has 0 amide bonds. The molecule has 0 atom stereocenters. The lowest BCUT2D eigenvalue weighted by Gasteiger charge is -2.08. The summed E-state index contributed by atoms with van der Waals surface area (Å²) in [6.07, 6.45) is 0. The Labute approximate surface area is 103 Å². The lowest BCUT2D eigenvalue weighted by molar-refractivity contribution is 0.0510. The number of imidazole rings is 1. The number of carbonyl (C=O) groups is 1. The molecule has 0 bridgehead atoms. The largest absolute Gasteiger partial charge is 0.461 e. The second kappa shape index (κ2) is 6.00. The number of halogens is 1. The predicted molar refractivity (Wildman–Crippen MR) is 62.5 cm³/mol. The summed E-state index contributed by atoms with van der Waals surface area (Å²) in [4.78, 5) is 15.9. The number of aryl methyl sites for hydroxylation is 1. The fourth-order valence-corrected chi connectivity index (χ4v) is 2.00. The van der Waals surface area contributed by atoms with Crippen LogP contribution in [0, 0.1) is 6.92 Å². The van der Waals surface area contributed by atoms with Crippen LogP contribution in [0.1, 0.15) is 23.1 Å². The van der Waals surface area contributed by atoms with Crippen molar-refractivity contribution < 1.29 is 14.3 Å². The molecule has 0 unspecified atom stereocenters. The number of rotatable bonds is 5. The van der Waals surface area contributed by atoms with Gasteiger partial charge in [0, 0.05) is 13.7 Å². The van der Waals surface area contributed by atoms with Gasteiger partial charge in [0.05, 0.1) is 18.9 Å². The molecule has 90 valence electrons. The highest BCUT2D eigenvalue weighted by Crippen LogP contribution is 2.17. The van der Waals surface area contributed by atoms with Gasteiger partial charge in [0.1, 0.15) is 0 Å². The number of esters is 1. The van der Waals surface area contributed by atoms with E-state index >= 15 is 0 Å². The van der Waals surface area contributed by atoms with Crippen LogP contribution in [-0.2, 0) is 16.0 Å². The summed E-state index contributed by atoms with van der Waals surface area (Å²) in [6, 6.07) is 0. The minimum absolute atomic E-state index is 0.352. The molecule has 0 spiro atoms. The van der Waals surface area contributed by atoms with E-state index in [2.05, 4.69) is 20.9 Å². The average Bonchev–Trinajstić information content (AvgIpc) is 2.50. The highest BCUT2D eigenvalue weighted by Gasteiger charge is 2.20. The summed E-state index contributed by atoms with van der Waals surface area (Å²) in [6.45, 7) is 4.98. The van der Waals surface area contributed by atoms with Crippen LogP contribution >= 0.6 is 15.9 Å². The van der Waals surface area contributed by atoms with E-state index in [1.54, 1.807) is 25.5 Å². The Hall–Kier alpha value is -0.880. The molecular formula is C10H15BrN2O3. The molecule has 0 N–H and O–H groups in total. The Kier molecular flexibility index (Phi) is 4.95. The SMILES string of the molecule is CCOC(=O)c1c(C)nc(Br)n1CCOC. The van der Waals surface area contributed by atoms with Crippen molar-refractivity contribution in [2.24, 2.45) is 0 Å². The van der Waals surface area contributed by atoms with Gasteiger partial charge in [-0.05, 0) is 29.8 Å². The van der Waals surface area contributed by atoms with Crippen LogP contribution in [0.3, 0.4) is 0 Å². The molecule has 0 aliphatic carbocycles. The van der Waals surface area contributed by atoms with Gasteiger partial charge in [0.2, 0.25) is 0 Å². The van der Waals surface area contributed by atoms with Crippen LogP contribution < -0.4 is 0 Å². The van der Waals surface area contributed by atoms with E-state index in [1.165, 1.54) is 0 Å². The zero-order valence-electron chi connectivity index (χ0n) is 9.62. The highest BCUT2D eigenvalue weighted by atomic mass is 79.9. The predicted octanol–water partition coefficient (Wildman–Crippen LogP) is 1.78. The topological polar surface area (TPSA) is 53.3 Å². The normalized spacial score (nSPS) is 10.5. The summed E-state index contributed by atoms with van der Waals surface area (Å²) in [5, 5.41) is 0. The van der Waals surface area contributed by atoms with Gasteiger partial charge in [0.15, 0.2) is 10.4 Å². The summed E-state index contributed by atoms with van der Waals surface area (Å²) < 4.78 is 12.3. The monoisotopic (exact) mass is 290 g/mol. The Morgan fingerprint density at radius 1 is 1.56 bits per heavy atom. The second-order valence-corrected chi connectivity index (χ2v) is 3.89. The van der Waals surface area contributed by atoms with Crippen molar-refractivity contribution in [1.82, 2.24) is 9.55 Å². The van der Waals surface area contributed by atoms with Gasteiger partial charge in [-0.1, -0.05) is 0 Å². The average molecular weight is 291 g/mol. The maximum Gasteiger partial charge on any atom is 0.356 e. The molecule has 0 aliphatic rings. The van der Waals surface area contributed by atoms with Gasteiger partial charge >= 0.3 is 5.97 Å². The summed E-state index contributed by atoms with van der Waals surface area (Å²) in [5.74, 6) is -0.352. The van der Waals surface area contributed by atoms with Gasteiger partial charge in [-0.3, -0.25) is 0 Å². The van der Waals surface area contributed by atoms with Crippen LogP contribution in [-0.4, -0.2) is 35.8 Å². The molecule has 0 aliphatic heterocycles. The number of hydrogen-bond acceptors (Lipinski definition) is 4. The first-order valence-corrected chi connectivity index (χ1v) is 5.79. The molecule has 5 nitrogen and oxygen atoms in total. The van der Waals surface area contributed by atoms with E-state index in [-0.39, 0.29) is 5.97 Å². The first kappa shape index (κ1) is 13.2. The Balaban J connectivity index is 3.00. The van der Waals surface area contributed by atoms with Crippen molar-refractivity contribution in [3.05, 3.63) is 16.1 Å². The molecule has 0 saturated carbocycles. The number of methoxy groups -OCH3 is 1. The third kappa shape index (κ3) is 2.82. The molecule has 0 radical (unpaired) electrons. The van der Waals surface area contributed by atoms with E-state index in [0.29, 0.717) is 35.9 Å². The van der Waals surface area contributed by atoms with Crippen LogP contribution in [0.4, 0.5) is 0 Å². The highest BCUT2D eigenvalue weighted by molar-refractivity contribution is 9.10. The lowest BCUT2D eigenvalue weighted by atomic mass is 10.3. The molecule has 0 fully saturated rings. The zero-order chi connectivity index (χ0) is 12.1. The van der Waals surface area contributed by atoms with Gasteiger partial charge in [-0.2, -0.15) is 0 Å². The van der Waals surface area contributed by atoms with Gasteiger partial charge in [-0.15, -0.1) is 0 Å².